The molecule has 0 aliphatic heterocycles. The van der Waals surface area contributed by atoms with Gasteiger partial charge in [0.15, 0.2) is 0 Å². The van der Waals surface area contributed by atoms with E-state index in [0.29, 0.717) is 17.9 Å². The van der Waals surface area contributed by atoms with Gasteiger partial charge in [0.05, 0.1) is 25.5 Å². The lowest BCUT2D eigenvalue weighted by atomic mass is 10.1. The van der Waals surface area contributed by atoms with Gasteiger partial charge in [0.2, 0.25) is 0 Å². The molecule has 1 amide bonds. The van der Waals surface area contributed by atoms with Gasteiger partial charge < -0.3 is 19.0 Å². The molecule has 0 spiro atoms. The number of pyridine rings is 1. The number of ether oxygens (including phenoxy) is 1. The van der Waals surface area contributed by atoms with Crippen molar-refractivity contribution in [2.45, 2.75) is 38.3 Å². The molecule has 1 N–H and O–H groups in total. The molecule has 2 aromatic heterocycles. The molecule has 6 heteroatoms. The number of nitrogens with zero attached hydrogens (tertiary/aromatic N) is 1. The van der Waals surface area contributed by atoms with Gasteiger partial charge in [-0.25, -0.2) is 0 Å². The number of H-pyrrole nitrogens is 1. The molecule has 1 saturated carbocycles. The number of nitrogens with one attached hydrogen (secondary N) is 1. The lowest BCUT2D eigenvalue weighted by Gasteiger charge is -2.28. The molecule has 0 radical (unpaired) electrons. The molecule has 23 heavy (non-hydrogen) atoms. The van der Waals surface area contributed by atoms with Crippen molar-refractivity contribution in [1.29, 1.82) is 0 Å². The second kappa shape index (κ2) is 6.73. The van der Waals surface area contributed by atoms with Crippen LogP contribution in [0.4, 0.5) is 0 Å². The maximum absolute atomic E-state index is 13.0. The summed E-state index contributed by atoms with van der Waals surface area (Å²) < 4.78 is 10.6. The summed E-state index contributed by atoms with van der Waals surface area (Å²) in [4.78, 5) is 28.8. The molecule has 0 atom stereocenters. The Morgan fingerprint density at radius 1 is 1.43 bits per heavy atom. The number of aromatic amines is 1. The van der Waals surface area contributed by atoms with Crippen LogP contribution in [0.3, 0.4) is 0 Å². The first kappa shape index (κ1) is 15.4. The van der Waals surface area contributed by atoms with Crippen molar-refractivity contribution in [2.75, 3.05) is 7.11 Å². The van der Waals surface area contributed by atoms with E-state index in [1.165, 1.54) is 19.4 Å². The van der Waals surface area contributed by atoms with Crippen molar-refractivity contribution < 1.29 is 13.9 Å². The first-order valence-corrected chi connectivity index (χ1v) is 7.79. The zero-order chi connectivity index (χ0) is 16.2. The number of rotatable bonds is 5. The second-order valence-electron chi connectivity index (χ2n) is 5.73. The SMILES string of the molecule is COc1cc(=O)[nH]cc1C(=O)N(Cc1ccco1)C1CCCC1. The van der Waals surface area contributed by atoms with Gasteiger partial charge in [-0.05, 0) is 25.0 Å². The fourth-order valence-corrected chi connectivity index (χ4v) is 3.10. The number of carbonyl (C=O) groups excluding carboxylic acids is 1. The van der Waals surface area contributed by atoms with E-state index < -0.39 is 0 Å². The standard InChI is InChI=1S/C17H20N2O4/c1-22-15-9-16(20)18-10-14(15)17(21)19(12-5-2-3-6-12)11-13-7-4-8-23-13/h4,7-10,12H,2-3,5-6,11H2,1H3,(H,18,20). The Hall–Kier alpha value is -2.50. The third kappa shape index (κ3) is 3.31. The number of aromatic nitrogens is 1. The van der Waals surface area contributed by atoms with Gasteiger partial charge in [0.25, 0.3) is 11.5 Å². The number of methoxy groups -OCH3 is 1. The van der Waals surface area contributed by atoms with Gasteiger partial charge >= 0.3 is 0 Å². The van der Waals surface area contributed by atoms with Crippen molar-refractivity contribution >= 4 is 5.91 Å². The van der Waals surface area contributed by atoms with Crippen LogP contribution < -0.4 is 10.3 Å². The molecule has 0 bridgehead atoms. The van der Waals surface area contributed by atoms with E-state index in [0.717, 1.165) is 31.4 Å². The van der Waals surface area contributed by atoms with Crippen LogP contribution in [-0.2, 0) is 6.54 Å². The van der Waals surface area contributed by atoms with Crippen LogP contribution in [-0.4, -0.2) is 28.9 Å². The molecule has 1 aliphatic rings. The highest BCUT2D eigenvalue weighted by Crippen LogP contribution is 2.28. The summed E-state index contributed by atoms with van der Waals surface area (Å²) >= 11 is 0. The Balaban J connectivity index is 1.92. The van der Waals surface area contributed by atoms with E-state index >= 15 is 0 Å². The largest absolute Gasteiger partial charge is 0.496 e. The summed E-state index contributed by atoms with van der Waals surface area (Å²) in [6.07, 6.45) is 7.24. The molecule has 0 unspecified atom stereocenters. The number of carbonyl (C=O) groups is 1. The fraction of sp³-hybridized carbons (Fsp3) is 0.412. The van der Waals surface area contributed by atoms with Crippen molar-refractivity contribution in [3.8, 4) is 5.75 Å². The summed E-state index contributed by atoms with van der Waals surface area (Å²) in [5.41, 5.74) is 0.0717. The Morgan fingerprint density at radius 2 is 2.22 bits per heavy atom. The molecule has 6 nitrogen and oxygen atoms in total. The van der Waals surface area contributed by atoms with Crippen LogP contribution in [0.2, 0.25) is 0 Å². The molecule has 1 fully saturated rings. The summed E-state index contributed by atoms with van der Waals surface area (Å²) in [5, 5.41) is 0. The van der Waals surface area contributed by atoms with Crippen molar-refractivity contribution in [3.05, 3.63) is 52.3 Å². The highest BCUT2D eigenvalue weighted by Gasteiger charge is 2.29. The Bertz CT molecular complexity index is 714. The average molecular weight is 316 g/mol. The molecule has 0 saturated heterocycles. The minimum Gasteiger partial charge on any atom is -0.496 e. The minimum atomic E-state index is -0.295. The molecule has 2 heterocycles. The maximum Gasteiger partial charge on any atom is 0.259 e. The molecule has 3 rings (SSSR count). The Kier molecular flexibility index (Phi) is 4.50. The maximum atomic E-state index is 13.0. The molecular weight excluding hydrogens is 296 g/mol. The predicted molar refractivity (Wildman–Crippen MR) is 84.5 cm³/mol. The van der Waals surface area contributed by atoms with Gasteiger partial charge in [-0.1, -0.05) is 12.8 Å². The second-order valence-corrected chi connectivity index (χ2v) is 5.73. The average Bonchev–Trinajstić information content (AvgIpc) is 3.25. The van der Waals surface area contributed by atoms with Crippen LogP contribution in [0.25, 0.3) is 0 Å². The summed E-state index contributed by atoms with van der Waals surface area (Å²) in [6, 6.07) is 5.16. The van der Waals surface area contributed by atoms with Crippen LogP contribution in [0.5, 0.6) is 5.75 Å². The van der Waals surface area contributed by atoms with Crippen LogP contribution >= 0.6 is 0 Å². The van der Waals surface area contributed by atoms with Crippen molar-refractivity contribution in [3.63, 3.8) is 0 Å². The zero-order valence-corrected chi connectivity index (χ0v) is 13.1. The molecule has 0 aromatic carbocycles. The fourth-order valence-electron chi connectivity index (χ4n) is 3.10. The summed E-state index contributed by atoms with van der Waals surface area (Å²) in [7, 11) is 1.46. The van der Waals surface area contributed by atoms with Crippen LogP contribution in [0.1, 0.15) is 41.8 Å². The van der Waals surface area contributed by atoms with E-state index in [9.17, 15) is 9.59 Å². The number of hydrogen-bond donors (Lipinski definition) is 1. The zero-order valence-electron chi connectivity index (χ0n) is 13.1. The lowest BCUT2D eigenvalue weighted by Crippen LogP contribution is -2.38. The number of amides is 1. The lowest BCUT2D eigenvalue weighted by molar-refractivity contribution is 0.0645. The van der Waals surface area contributed by atoms with Gasteiger partial charge in [-0.2, -0.15) is 0 Å². The van der Waals surface area contributed by atoms with E-state index in [1.807, 2.05) is 17.0 Å². The van der Waals surface area contributed by atoms with Gasteiger partial charge in [0, 0.05) is 18.3 Å². The van der Waals surface area contributed by atoms with Gasteiger partial charge in [-0.3, -0.25) is 9.59 Å². The third-order valence-electron chi connectivity index (χ3n) is 4.27. The van der Waals surface area contributed by atoms with Gasteiger partial charge in [-0.15, -0.1) is 0 Å². The van der Waals surface area contributed by atoms with Gasteiger partial charge in [0.1, 0.15) is 11.5 Å². The Labute approximate surface area is 134 Å². The van der Waals surface area contributed by atoms with E-state index in [4.69, 9.17) is 9.15 Å². The third-order valence-corrected chi connectivity index (χ3v) is 4.27. The number of furan rings is 1. The van der Waals surface area contributed by atoms with E-state index in [-0.39, 0.29) is 17.5 Å². The van der Waals surface area contributed by atoms with Crippen LogP contribution in [0.15, 0.2) is 39.9 Å². The van der Waals surface area contributed by atoms with Crippen LogP contribution in [0, 0.1) is 0 Å². The minimum absolute atomic E-state index is 0.151. The quantitative estimate of drug-likeness (QED) is 0.920. The smallest absolute Gasteiger partial charge is 0.259 e. The Morgan fingerprint density at radius 3 is 2.87 bits per heavy atom. The normalized spacial score (nSPS) is 14.8. The topological polar surface area (TPSA) is 75.5 Å². The number of hydrogen-bond acceptors (Lipinski definition) is 4. The summed E-state index contributed by atoms with van der Waals surface area (Å²) in [5.74, 6) is 0.885. The molecular formula is C17H20N2O4. The predicted octanol–water partition coefficient (Wildman–Crippen LogP) is 2.56. The van der Waals surface area contributed by atoms with Crippen molar-refractivity contribution in [2.24, 2.45) is 0 Å². The van der Waals surface area contributed by atoms with Crippen molar-refractivity contribution in [1.82, 2.24) is 9.88 Å². The molecule has 1 aliphatic carbocycles. The van der Waals surface area contributed by atoms with E-state index in [2.05, 4.69) is 4.98 Å². The summed E-state index contributed by atoms with van der Waals surface area (Å²) in [6.45, 7) is 0.415. The highest BCUT2D eigenvalue weighted by molar-refractivity contribution is 5.96. The first-order valence-electron chi connectivity index (χ1n) is 7.79. The monoisotopic (exact) mass is 316 g/mol. The molecule has 2 aromatic rings. The highest BCUT2D eigenvalue weighted by atomic mass is 16.5. The first-order chi connectivity index (χ1) is 11.2. The molecule has 122 valence electrons. The van der Waals surface area contributed by atoms with E-state index in [1.54, 1.807) is 6.26 Å².